The molecule has 26 heavy (non-hydrogen) atoms. The summed E-state index contributed by atoms with van der Waals surface area (Å²) in [4.78, 5) is 29.6. The van der Waals surface area contributed by atoms with Crippen molar-refractivity contribution in [1.29, 1.82) is 0 Å². The van der Waals surface area contributed by atoms with Crippen LogP contribution in [-0.4, -0.2) is 44.3 Å². The Labute approximate surface area is 147 Å². The number of amides is 1. The van der Waals surface area contributed by atoms with Crippen molar-refractivity contribution in [2.75, 3.05) is 13.7 Å². The van der Waals surface area contributed by atoms with E-state index < -0.39 is 0 Å². The number of carbonyl (C=O) groups excluding carboxylic acids is 1. The van der Waals surface area contributed by atoms with Crippen LogP contribution in [0.2, 0.25) is 0 Å². The van der Waals surface area contributed by atoms with E-state index in [2.05, 4.69) is 25.5 Å². The van der Waals surface area contributed by atoms with Gasteiger partial charge in [0.05, 0.1) is 5.69 Å². The van der Waals surface area contributed by atoms with Gasteiger partial charge in [0.25, 0.3) is 5.91 Å². The van der Waals surface area contributed by atoms with Gasteiger partial charge in [-0.1, -0.05) is 0 Å². The average molecular weight is 352 g/mol. The van der Waals surface area contributed by atoms with E-state index in [9.17, 15) is 9.59 Å². The third-order valence-electron chi connectivity index (χ3n) is 4.16. The summed E-state index contributed by atoms with van der Waals surface area (Å²) in [5.41, 5.74) is 2.84. The summed E-state index contributed by atoms with van der Waals surface area (Å²) in [5.74, 6) is 0.367. The highest BCUT2D eigenvalue weighted by Gasteiger charge is 2.15. The van der Waals surface area contributed by atoms with Crippen molar-refractivity contribution >= 4 is 28.1 Å². The number of aromatic amines is 2. The second kappa shape index (κ2) is 6.03. The number of aryl methyl sites for hydroxylation is 1. The smallest absolute Gasteiger partial charge is 0.332 e. The zero-order valence-electron chi connectivity index (χ0n) is 14.2. The van der Waals surface area contributed by atoms with E-state index in [0.717, 1.165) is 10.9 Å². The quantitative estimate of drug-likeness (QED) is 0.507. The number of nitrogens with zero attached hydrogens (tertiary/aromatic N) is 3. The molecule has 4 rings (SSSR count). The molecule has 9 heteroatoms. The fourth-order valence-corrected chi connectivity index (χ4v) is 2.88. The Balaban J connectivity index is 1.82. The summed E-state index contributed by atoms with van der Waals surface area (Å²) in [6.45, 7) is 1.79. The monoisotopic (exact) mass is 352 g/mol. The molecule has 3 N–H and O–H groups in total. The molecule has 1 amide bonds. The van der Waals surface area contributed by atoms with Crippen molar-refractivity contribution in [3.8, 4) is 11.4 Å². The van der Waals surface area contributed by atoms with E-state index in [4.69, 9.17) is 4.74 Å². The van der Waals surface area contributed by atoms with Crippen LogP contribution in [0.25, 0.3) is 27.9 Å². The molecule has 0 saturated heterocycles. The Morgan fingerprint density at radius 3 is 2.85 bits per heavy atom. The van der Waals surface area contributed by atoms with Gasteiger partial charge in [-0.25, -0.2) is 4.79 Å². The summed E-state index contributed by atoms with van der Waals surface area (Å²) < 4.78 is 7.05. The van der Waals surface area contributed by atoms with Crippen LogP contribution in [0.15, 0.2) is 35.3 Å². The van der Waals surface area contributed by atoms with Crippen LogP contribution < -0.4 is 15.7 Å². The number of benzene rings is 1. The number of H-pyrrole nitrogens is 2. The maximum Gasteiger partial charge on any atom is 0.332 e. The molecule has 0 unspecified atom stereocenters. The molecule has 0 fully saturated rings. The first-order valence-electron chi connectivity index (χ1n) is 7.97. The Hall–Kier alpha value is -3.62. The van der Waals surface area contributed by atoms with Gasteiger partial charge in [-0.3, -0.25) is 14.3 Å². The van der Waals surface area contributed by atoms with Gasteiger partial charge in [0.1, 0.15) is 11.3 Å². The number of hydrogen-bond donors (Lipinski definition) is 3. The number of carbonyl (C=O) groups is 1. The molecule has 9 nitrogen and oxygen atoms in total. The van der Waals surface area contributed by atoms with E-state index in [1.807, 2.05) is 19.1 Å². The third kappa shape index (κ3) is 2.50. The van der Waals surface area contributed by atoms with Crippen LogP contribution in [0.5, 0.6) is 5.75 Å². The highest BCUT2D eigenvalue weighted by Crippen LogP contribution is 2.25. The first-order chi connectivity index (χ1) is 12.6. The SMILES string of the molecule is CNC(=O)COc1ccc(-n2c(=O)[nH]c3nnc4[nH]ccc4c32)cc1C. The Morgan fingerprint density at radius 1 is 1.27 bits per heavy atom. The number of hydrogen-bond acceptors (Lipinski definition) is 5. The standard InChI is InChI=1S/C17H16N6O3/c1-9-7-10(3-4-12(9)26-8-13(24)18-2)23-14-11-5-6-19-15(11)21-22-16(14)20-17(23)25/h3-7H,8H2,1-2H3,(H,18,24)(H,19,21)(H,20,22,25). The lowest BCUT2D eigenvalue weighted by Gasteiger charge is -2.11. The molecule has 132 valence electrons. The molecule has 1 aromatic carbocycles. The van der Waals surface area contributed by atoms with Gasteiger partial charge in [-0.2, -0.15) is 0 Å². The zero-order valence-corrected chi connectivity index (χ0v) is 14.2. The molecule has 0 spiro atoms. The first kappa shape index (κ1) is 15.9. The van der Waals surface area contributed by atoms with Gasteiger partial charge in [-0.15, -0.1) is 10.2 Å². The molecule has 0 saturated carbocycles. The van der Waals surface area contributed by atoms with Crippen LogP contribution in [-0.2, 0) is 4.79 Å². The van der Waals surface area contributed by atoms with E-state index in [1.54, 1.807) is 29.9 Å². The molecule has 0 aliphatic rings. The number of ether oxygens (including phenoxy) is 1. The Bertz CT molecular complexity index is 1190. The van der Waals surface area contributed by atoms with Crippen LogP contribution in [0.1, 0.15) is 5.56 Å². The third-order valence-corrected chi connectivity index (χ3v) is 4.16. The number of nitrogens with one attached hydrogen (secondary N) is 3. The number of rotatable bonds is 4. The summed E-state index contributed by atoms with van der Waals surface area (Å²) in [5, 5.41) is 11.4. The minimum absolute atomic E-state index is 0.0662. The number of imidazole rings is 1. The molecule has 4 aromatic rings. The van der Waals surface area contributed by atoms with Crippen LogP contribution in [0, 0.1) is 6.92 Å². The lowest BCUT2D eigenvalue weighted by molar-refractivity contribution is -0.122. The van der Waals surface area contributed by atoms with Crippen molar-refractivity contribution in [2.24, 2.45) is 0 Å². The highest BCUT2D eigenvalue weighted by molar-refractivity contribution is 5.99. The van der Waals surface area contributed by atoms with Crippen molar-refractivity contribution in [3.05, 3.63) is 46.5 Å². The van der Waals surface area contributed by atoms with Gasteiger partial charge in [0.2, 0.25) is 0 Å². The topological polar surface area (TPSA) is 118 Å². The molecule has 0 aliphatic heterocycles. The molecule has 3 aromatic heterocycles. The fraction of sp³-hybridized carbons (Fsp3) is 0.176. The summed E-state index contributed by atoms with van der Waals surface area (Å²) >= 11 is 0. The van der Waals surface area contributed by atoms with Crippen molar-refractivity contribution in [2.45, 2.75) is 6.92 Å². The first-order valence-corrected chi connectivity index (χ1v) is 7.97. The van der Waals surface area contributed by atoms with E-state index in [1.165, 1.54) is 0 Å². The molecule has 0 atom stereocenters. The maximum absolute atomic E-state index is 12.5. The number of fused-ring (bicyclic) bond motifs is 3. The van der Waals surface area contributed by atoms with Crippen LogP contribution >= 0.6 is 0 Å². The number of aromatic nitrogens is 5. The molecule has 3 heterocycles. The van der Waals surface area contributed by atoms with Gasteiger partial charge in [0, 0.05) is 18.6 Å². The predicted octanol–water partition coefficient (Wildman–Crippen LogP) is 1.02. The molecular weight excluding hydrogens is 336 g/mol. The van der Waals surface area contributed by atoms with E-state index in [0.29, 0.717) is 28.2 Å². The van der Waals surface area contributed by atoms with Crippen LogP contribution in [0.4, 0.5) is 0 Å². The second-order valence-corrected chi connectivity index (χ2v) is 5.81. The minimum Gasteiger partial charge on any atom is -0.484 e. The van der Waals surface area contributed by atoms with Gasteiger partial charge >= 0.3 is 5.69 Å². The minimum atomic E-state index is -0.304. The van der Waals surface area contributed by atoms with E-state index >= 15 is 0 Å². The van der Waals surface area contributed by atoms with Crippen molar-refractivity contribution in [3.63, 3.8) is 0 Å². The summed E-state index contributed by atoms with van der Waals surface area (Å²) in [6, 6.07) is 7.18. The fourth-order valence-electron chi connectivity index (χ4n) is 2.88. The lowest BCUT2D eigenvalue weighted by atomic mass is 10.2. The summed E-state index contributed by atoms with van der Waals surface area (Å²) in [6.07, 6.45) is 1.75. The normalized spacial score (nSPS) is 11.2. The maximum atomic E-state index is 12.5. The van der Waals surface area contributed by atoms with Crippen molar-refractivity contribution in [1.82, 2.24) is 30.0 Å². The second-order valence-electron chi connectivity index (χ2n) is 5.81. The predicted molar refractivity (Wildman–Crippen MR) is 95.6 cm³/mol. The highest BCUT2D eigenvalue weighted by atomic mass is 16.5. The van der Waals surface area contributed by atoms with Crippen molar-refractivity contribution < 1.29 is 9.53 Å². The molecule has 0 radical (unpaired) electrons. The zero-order chi connectivity index (χ0) is 18.3. The Kier molecular flexibility index (Phi) is 3.68. The summed E-state index contributed by atoms with van der Waals surface area (Å²) in [7, 11) is 1.55. The average Bonchev–Trinajstić information content (AvgIpc) is 3.23. The molecule has 0 aliphatic carbocycles. The van der Waals surface area contributed by atoms with Gasteiger partial charge in [0.15, 0.2) is 17.9 Å². The van der Waals surface area contributed by atoms with Crippen LogP contribution in [0.3, 0.4) is 0 Å². The molecular formula is C17H16N6O3. The number of likely N-dealkylation sites (N-methyl/N-ethyl adjacent to an activating group) is 1. The van der Waals surface area contributed by atoms with Gasteiger partial charge in [-0.05, 0) is 36.8 Å². The molecule has 0 bridgehead atoms. The Morgan fingerprint density at radius 2 is 2.08 bits per heavy atom. The van der Waals surface area contributed by atoms with E-state index in [-0.39, 0.29) is 18.2 Å². The van der Waals surface area contributed by atoms with Gasteiger partial charge < -0.3 is 15.0 Å². The lowest BCUT2D eigenvalue weighted by Crippen LogP contribution is -2.25. The largest absolute Gasteiger partial charge is 0.484 e.